The molecule has 0 fully saturated rings. The minimum atomic E-state index is 0.420. The van der Waals surface area contributed by atoms with E-state index in [0.29, 0.717) is 22.7 Å². The van der Waals surface area contributed by atoms with E-state index in [9.17, 15) is 0 Å². The van der Waals surface area contributed by atoms with E-state index >= 15 is 0 Å². The molecule has 0 radical (unpaired) electrons. The molecule has 3 nitrogen and oxygen atoms in total. The lowest BCUT2D eigenvalue weighted by Gasteiger charge is -2.17. The molecular formula is C11H18ClN3. The van der Waals surface area contributed by atoms with Gasteiger partial charge in [0, 0.05) is 6.04 Å². The van der Waals surface area contributed by atoms with E-state index in [-0.39, 0.29) is 0 Å². The van der Waals surface area contributed by atoms with Crippen LogP contribution in [-0.4, -0.2) is 11.0 Å². The smallest absolute Gasteiger partial charge is 0.151 e. The summed E-state index contributed by atoms with van der Waals surface area (Å²) in [6, 6.07) is 3.89. The topological polar surface area (TPSA) is 50.9 Å². The fraction of sp³-hybridized carbons (Fsp3) is 0.545. The van der Waals surface area contributed by atoms with Gasteiger partial charge in [-0.05, 0) is 25.0 Å². The van der Waals surface area contributed by atoms with E-state index < -0.39 is 0 Å². The molecule has 84 valence electrons. The fourth-order valence-corrected chi connectivity index (χ4v) is 1.63. The molecule has 0 aliphatic rings. The van der Waals surface area contributed by atoms with E-state index in [2.05, 4.69) is 24.1 Å². The van der Waals surface area contributed by atoms with Crippen LogP contribution in [0.15, 0.2) is 12.1 Å². The van der Waals surface area contributed by atoms with Crippen molar-refractivity contribution >= 4 is 23.1 Å². The van der Waals surface area contributed by atoms with Gasteiger partial charge in [-0.25, -0.2) is 4.98 Å². The van der Waals surface area contributed by atoms with E-state index in [1.54, 1.807) is 12.1 Å². The molecule has 0 aliphatic heterocycles. The minimum Gasteiger partial charge on any atom is -0.396 e. The summed E-state index contributed by atoms with van der Waals surface area (Å²) >= 11 is 5.81. The largest absolute Gasteiger partial charge is 0.396 e. The molecule has 15 heavy (non-hydrogen) atoms. The molecule has 0 bridgehead atoms. The predicted molar refractivity (Wildman–Crippen MR) is 66.3 cm³/mol. The summed E-state index contributed by atoms with van der Waals surface area (Å²) in [5.41, 5.74) is 6.45. The summed E-state index contributed by atoms with van der Waals surface area (Å²) in [4.78, 5) is 4.17. The fourth-order valence-electron chi connectivity index (χ4n) is 1.48. The van der Waals surface area contributed by atoms with Crippen molar-refractivity contribution in [1.29, 1.82) is 0 Å². The molecule has 0 spiro atoms. The van der Waals surface area contributed by atoms with Crippen LogP contribution in [0.2, 0.25) is 5.15 Å². The van der Waals surface area contributed by atoms with Gasteiger partial charge in [0.15, 0.2) is 5.82 Å². The van der Waals surface area contributed by atoms with Gasteiger partial charge in [0.1, 0.15) is 5.15 Å². The van der Waals surface area contributed by atoms with Gasteiger partial charge < -0.3 is 11.1 Å². The zero-order valence-electron chi connectivity index (χ0n) is 9.26. The second-order valence-corrected chi connectivity index (χ2v) is 4.00. The van der Waals surface area contributed by atoms with E-state index in [1.807, 2.05) is 0 Å². The molecule has 1 atom stereocenters. The number of anilines is 2. The van der Waals surface area contributed by atoms with Crippen molar-refractivity contribution in [2.45, 2.75) is 39.2 Å². The Bertz CT molecular complexity index is 315. The summed E-state index contributed by atoms with van der Waals surface area (Å²) in [6.07, 6.45) is 3.32. The third-order valence-corrected chi connectivity index (χ3v) is 2.57. The van der Waals surface area contributed by atoms with Gasteiger partial charge in [0.2, 0.25) is 0 Å². The third-order valence-electron chi connectivity index (χ3n) is 2.36. The van der Waals surface area contributed by atoms with Crippen LogP contribution in [0, 0.1) is 0 Å². The molecule has 0 amide bonds. The number of halogens is 1. The SMILES string of the molecule is CCCC(CC)Nc1nc(Cl)ccc1N. The quantitative estimate of drug-likeness (QED) is 0.759. The maximum atomic E-state index is 5.81. The highest BCUT2D eigenvalue weighted by Crippen LogP contribution is 2.20. The molecule has 0 aliphatic carbocycles. The first-order valence-electron chi connectivity index (χ1n) is 5.35. The van der Waals surface area contributed by atoms with Crippen molar-refractivity contribution in [1.82, 2.24) is 4.98 Å². The van der Waals surface area contributed by atoms with Crippen molar-refractivity contribution < 1.29 is 0 Å². The lowest BCUT2D eigenvalue weighted by atomic mass is 10.1. The minimum absolute atomic E-state index is 0.420. The van der Waals surface area contributed by atoms with Gasteiger partial charge in [0.25, 0.3) is 0 Å². The van der Waals surface area contributed by atoms with Crippen molar-refractivity contribution in [3.05, 3.63) is 17.3 Å². The first-order chi connectivity index (χ1) is 7.17. The first-order valence-corrected chi connectivity index (χ1v) is 5.73. The Hall–Kier alpha value is -0.960. The Morgan fingerprint density at radius 2 is 2.20 bits per heavy atom. The van der Waals surface area contributed by atoms with Gasteiger partial charge in [-0.15, -0.1) is 0 Å². The van der Waals surface area contributed by atoms with Gasteiger partial charge in [-0.1, -0.05) is 31.9 Å². The Labute approximate surface area is 96.0 Å². The highest BCUT2D eigenvalue weighted by molar-refractivity contribution is 6.29. The number of nitrogens with two attached hydrogens (primary N) is 1. The van der Waals surface area contributed by atoms with E-state index in [0.717, 1.165) is 19.3 Å². The van der Waals surface area contributed by atoms with Crippen LogP contribution in [0.5, 0.6) is 0 Å². The van der Waals surface area contributed by atoms with Gasteiger partial charge in [0.05, 0.1) is 5.69 Å². The lowest BCUT2D eigenvalue weighted by molar-refractivity contribution is 0.621. The Balaban J connectivity index is 2.73. The van der Waals surface area contributed by atoms with E-state index in [1.165, 1.54) is 0 Å². The van der Waals surface area contributed by atoms with Gasteiger partial charge in [-0.2, -0.15) is 0 Å². The normalized spacial score (nSPS) is 12.5. The van der Waals surface area contributed by atoms with Crippen molar-refractivity contribution in [2.75, 3.05) is 11.1 Å². The van der Waals surface area contributed by atoms with Crippen LogP contribution in [-0.2, 0) is 0 Å². The number of hydrogen-bond donors (Lipinski definition) is 2. The average Bonchev–Trinajstić information content (AvgIpc) is 2.22. The molecule has 1 aromatic rings. The molecule has 1 rings (SSSR count). The average molecular weight is 228 g/mol. The number of nitrogens with one attached hydrogen (secondary N) is 1. The van der Waals surface area contributed by atoms with Crippen molar-refractivity contribution in [3.63, 3.8) is 0 Å². The van der Waals surface area contributed by atoms with Crippen molar-refractivity contribution in [3.8, 4) is 0 Å². The van der Waals surface area contributed by atoms with Crippen LogP contribution in [0.25, 0.3) is 0 Å². The van der Waals surface area contributed by atoms with Crippen LogP contribution in [0.1, 0.15) is 33.1 Å². The molecular weight excluding hydrogens is 210 g/mol. The molecule has 0 saturated carbocycles. The molecule has 3 N–H and O–H groups in total. The van der Waals surface area contributed by atoms with Crippen LogP contribution < -0.4 is 11.1 Å². The first kappa shape index (κ1) is 12.1. The summed E-state index contributed by atoms with van der Waals surface area (Å²) in [5, 5.41) is 3.79. The molecule has 4 heteroatoms. The Kier molecular flexibility index (Phi) is 4.69. The number of nitrogens with zero attached hydrogens (tertiary/aromatic N) is 1. The van der Waals surface area contributed by atoms with Crippen molar-refractivity contribution in [2.24, 2.45) is 0 Å². The van der Waals surface area contributed by atoms with Crippen LogP contribution >= 0.6 is 11.6 Å². The van der Waals surface area contributed by atoms with Gasteiger partial charge in [-0.3, -0.25) is 0 Å². The number of pyridine rings is 1. The zero-order chi connectivity index (χ0) is 11.3. The third kappa shape index (κ3) is 3.59. The summed E-state index contributed by atoms with van der Waals surface area (Å²) in [5.74, 6) is 0.697. The Morgan fingerprint density at radius 3 is 2.80 bits per heavy atom. The number of hydrogen-bond acceptors (Lipinski definition) is 3. The molecule has 1 heterocycles. The second-order valence-electron chi connectivity index (χ2n) is 3.61. The highest BCUT2D eigenvalue weighted by atomic mass is 35.5. The maximum Gasteiger partial charge on any atom is 0.151 e. The maximum absolute atomic E-state index is 5.81. The monoisotopic (exact) mass is 227 g/mol. The molecule has 1 unspecified atom stereocenters. The molecule has 0 saturated heterocycles. The zero-order valence-corrected chi connectivity index (χ0v) is 10.0. The van der Waals surface area contributed by atoms with Gasteiger partial charge >= 0.3 is 0 Å². The summed E-state index contributed by atoms with van der Waals surface area (Å²) in [6.45, 7) is 4.31. The second kappa shape index (κ2) is 5.81. The predicted octanol–water partition coefficient (Wildman–Crippen LogP) is 3.31. The summed E-state index contributed by atoms with van der Waals surface area (Å²) < 4.78 is 0. The summed E-state index contributed by atoms with van der Waals surface area (Å²) in [7, 11) is 0. The number of aromatic nitrogens is 1. The number of rotatable bonds is 5. The van der Waals surface area contributed by atoms with Crippen LogP contribution in [0.4, 0.5) is 11.5 Å². The lowest BCUT2D eigenvalue weighted by Crippen LogP contribution is -2.19. The highest BCUT2D eigenvalue weighted by Gasteiger charge is 2.08. The molecule has 1 aromatic heterocycles. The standard InChI is InChI=1S/C11H18ClN3/c1-3-5-8(4-2)14-11-9(13)6-7-10(12)15-11/h6-8H,3-5,13H2,1-2H3,(H,14,15). The molecule has 0 aromatic carbocycles. The number of nitrogen functional groups attached to an aromatic ring is 1. The van der Waals surface area contributed by atoms with E-state index in [4.69, 9.17) is 17.3 Å². The Morgan fingerprint density at radius 1 is 1.47 bits per heavy atom. The van der Waals surface area contributed by atoms with Crippen LogP contribution in [0.3, 0.4) is 0 Å².